The fraction of sp³-hybridized carbons (Fsp3) is 0.400. The van der Waals surface area contributed by atoms with Crippen molar-refractivity contribution in [1.29, 1.82) is 0 Å². The number of nitrogens with one attached hydrogen (secondary N) is 2. The van der Waals surface area contributed by atoms with Gasteiger partial charge < -0.3 is 25.6 Å². The van der Waals surface area contributed by atoms with Crippen LogP contribution in [-0.2, 0) is 9.59 Å². The topological polar surface area (TPSA) is 125 Å². The summed E-state index contributed by atoms with van der Waals surface area (Å²) in [5.74, 6) is -1.37. The van der Waals surface area contributed by atoms with Crippen molar-refractivity contribution in [3.8, 4) is 17.2 Å². The van der Waals surface area contributed by atoms with Gasteiger partial charge in [-0.3, -0.25) is 14.4 Å². The van der Waals surface area contributed by atoms with E-state index < -0.39 is 24.2 Å². The number of aliphatic carboxylic acids is 1. The van der Waals surface area contributed by atoms with E-state index in [9.17, 15) is 19.5 Å². The fourth-order valence-corrected chi connectivity index (χ4v) is 4.73. The number of carboxylic acids is 1. The van der Waals surface area contributed by atoms with Gasteiger partial charge in [0, 0.05) is 12.2 Å². The lowest BCUT2D eigenvalue weighted by Gasteiger charge is -2.27. The molecular weight excluding hydrogens is 495 g/mol. The largest absolute Gasteiger partial charge is 0.507 e. The highest BCUT2D eigenvalue weighted by atomic mass is 35.5. The Labute approximate surface area is 213 Å². The molecule has 0 heterocycles. The zero-order chi connectivity index (χ0) is 25.5. The van der Waals surface area contributed by atoms with Crippen LogP contribution >= 0.6 is 23.2 Å². The Morgan fingerprint density at radius 1 is 1.09 bits per heavy atom. The van der Waals surface area contributed by atoms with Crippen LogP contribution in [-0.4, -0.2) is 34.5 Å². The lowest BCUT2D eigenvalue weighted by Crippen LogP contribution is -2.32. The van der Waals surface area contributed by atoms with Gasteiger partial charge in [-0.2, -0.15) is 0 Å². The number of aromatic hydroxyl groups is 1. The Balaban J connectivity index is 1.68. The number of carbonyl (C=O) groups is 3. The third kappa shape index (κ3) is 7.50. The predicted octanol–water partition coefficient (Wildman–Crippen LogP) is 5.85. The standard InChI is InChI=1S/C25H28Cl2N2O6/c1-14(15-5-3-2-4-6-15)13-28-25(34)18-11-17(7-8-21(18)30)35-24-19(26)9-16(10-20(24)27)29-22(31)12-23(32)33/h7-11,14-15,30H,2-6,12-13H2,1H3,(H,28,34)(H,29,31)(H,32,33)/t14-/m0/s1. The third-order valence-electron chi connectivity index (χ3n) is 6.07. The van der Waals surface area contributed by atoms with E-state index in [0.717, 1.165) is 0 Å². The van der Waals surface area contributed by atoms with Gasteiger partial charge in [0.2, 0.25) is 5.91 Å². The number of carboxylic acid groups (broad SMARTS) is 1. The first kappa shape index (κ1) is 26.6. The predicted molar refractivity (Wildman–Crippen MR) is 134 cm³/mol. The van der Waals surface area contributed by atoms with E-state index in [-0.39, 0.29) is 38.5 Å². The zero-order valence-electron chi connectivity index (χ0n) is 19.3. The molecule has 10 heteroatoms. The van der Waals surface area contributed by atoms with Crippen LogP contribution < -0.4 is 15.4 Å². The molecule has 35 heavy (non-hydrogen) atoms. The van der Waals surface area contributed by atoms with Gasteiger partial charge in [0.1, 0.15) is 17.9 Å². The second-order valence-electron chi connectivity index (χ2n) is 8.75. The highest BCUT2D eigenvalue weighted by Crippen LogP contribution is 2.39. The van der Waals surface area contributed by atoms with Gasteiger partial charge >= 0.3 is 5.97 Å². The number of anilines is 1. The summed E-state index contributed by atoms with van der Waals surface area (Å²) >= 11 is 12.5. The van der Waals surface area contributed by atoms with Crippen LogP contribution in [0.4, 0.5) is 5.69 Å². The fourth-order valence-electron chi connectivity index (χ4n) is 4.17. The molecule has 1 aliphatic rings. The van der Waals surface area contributed by atoms with Crippen molar-refractivity contribution < 1.29 is 29.3 Å². The lowest BCUT2D eigenvalue weighted by molar-refractivity contribution is -0.139. The van der Waals surface area contributed by atoms with Crippen molar-refractivity contribution in [2.75, 3.05) is 11.9 Å². The summed E-state index contributed by atoms with van der Waals surface area (Å²) < 4.78 is 5.77. The maximum absolute atomic E-state index is 12.8. The number of rotatable bonds is 9. The number of benzene rings is 2. The average Bonchev–Trinajstić information content (AvgIpc) is 2.80. The molecule has 2 amide bonds. The van der Waals surface area contributed by atoms with E-state index in [1.807, 2.05) is 0 Å². The molecule has 1 aliphatic carbocycles. The van der Waals surface area contributed by atoms with Gasteiger partial charge in [0.15, 0.2) is 5.75 Å². The molecule has 188 valence electrons. The second-order valence-corrected chi connectivity index (χ2v) is 9.57. The molecule has 0 bridgehead atoms. The summed E-state index contributed by atoms with van der Waals surface area (Å²) in [5, 5.41) is 24.3. The molecule has 2 aromatic carbocycles. The van der Waals surface area contributed by atoms with E-state index in [2.05, 4.69) is 17.6 Å². The number of ether oxygens (including phenoxy) is 1. The summed E-state index contributed by atoms with van der Waals surface area (Å²) in [7, 11) is 0. The minimum Gasteiger partial charge on any atom is -0.507 e. The van der Waals surface area contributed by atoms with Crippen LogP contribution in [0.1, 0.15) is 55.8 Å². The summed E-state index contributed by atoms with van der Waals surface area (Å²) in [6, 6.07) is 6.93. The molecule has 1 fully saturated rings. The maximum Gasteiger partial charge on any atom is 0.312 e. The average molecular weight is 523 g/mol. The zero-order valence-corrected chi connectivity index (χ0v) is 20.8. The Morgan fingerprint density at radius 2 is 1.74 bits per heavy atom. The molecule has 0 unspecified atom stereocenters. The maximum atomic E-state index is 12.8. The lowest BCUT2D eigenvalue weighted by atomic mass is 9.81. The van der Waals surface area contributed by atoms with Gasteiger partial charge in [-0.25, -0.2) is 0 Å². The summed E-state index contributed by atoms with van der Waals surface area (Å²) in [4.78, 5) is 35.1. The summed E-state index contributed by atoms with van der Waals surface area (Å²) in [5.41, 5.74) is 0.264. The van der Waals surface area contributed by atoms with Crippen molar-refractivity contribution in [3.63, 3.8) is 0 Å². The highest BCUT2D eigenvalue weighted by Gasteiger charge is 2.22. The van der Waals surface area contributed by atoms with Gasteiger partial charge in [-0.15, -0.1) is 0 Å². The van der Waals surface area contributed by atoms with E-state index in [4.69, 9.17) is 33.0 Å². The van der Waals surface area contributed by atoms with Crippen molar-refractivity contribution in [2.24, 2.45) is 11.8 Å². The Kier molecular flexibility index (Phi) is 9.23. The van der Waals surface area contributed by atoms with Gasteiger partial charge in [-0.1, -0.05) is 62.2 Å². The molecule has 3 rings (SSSR count). The number of amides is 2. The van der Waals surface area contributed by atoms with Gasteiger partial charge in [0.25, 0.3) is 5.91 Å². The van der Waals surface area contributed by atoms with Crippen molar-refractivity contribution in [3.05, 3.63) is 45.9 Å². The van der Waals surface area contributed by atoms with E-state index in [0.29, 0.717) is 18.4 Å². The Bertz CT molecular complexity index is 1080. The molecule has 8 nitrogen and oxygen atoms in total. The van der Waals surface area contributed by atoms with Crippen LogP contribution in [0, 0.1) is 11.8 Å². The molecule has 1 atom stereocenters. The normalized spacial score (nSPS) is 14.7. The molecule has 0 spiro atoms. The smallest absolute Gasteiger partial charge is 0.312 e. The number of phenolic OH excluding ortho intramolecular Hbond substituents is 1. The number of carbonyl (C=O) groups excluding carboxylic acids is 2. The molecule has 4 N–H and O–H groups in total. The Morgan fingerprint density at radius 3 is 2.37 bits per heavy atom. The van der Waals surface area contributed by atoms with E-state index in [1.54, 1.807) is 0 Å². The quantitative estimate of drug-likeness (QED) is 0.306. The van der Waals surface area contributed by atoms with E-state index in [1.165, 1.54) is 62.4 Å². The van der Waals surface area contributed by atoms with Crippen molar-refractivity contribution in [2.45, 2.75) is 45.4 Å². The van der Waals surface area contributed by atoms with Crippen LogP contribution in [0.25, 0.3) is 0 Å². The number of hydrogen-bond donors (Lipinski definition) is 4. The summed E-state index contributed by atoms with van der Waals surface area (Å²) in [6.45, 7) is 2.65. The first-order valence-corrected chi connectivity index (χ1v) is 12.2. The second kappa shape index (κ2) is 12.1. The number of hydrogen-bond acceptors (Lipinski definition) is 5. The molecule has 0 saturated heterocycles. The van der Waals surface area contributed by atoms with Crippen molar-refractivity contribution >= 4 is 46.7 Å². The number of phenols is 1. The van der Waals surface area contributed by atoms with Gasteiger partial charge in [-0.05, 0) is 42.2 Å². The van der Waals surface area contributed by atoms with Crippen LogP contribution in [0.2, 0.25) is 10.0 Å². The van der Waals surface area contributed by atoms with Crippen LogP contribution in [0.15, 0.2) is 30.3 Å². The SMILES string of the molecule is C[C@@H](CNC(=O)c1cc(Oc2c(Cl)cc(NC(=O)CC(=O)O)cc2Cl)ccc1O)C1CCCCC1. The van der Waals surface area contributed by atoms with Gasteiger partial charge in [0.05, 0.1) is 15.6 Å². The van der Waals surface area contributed by atoms with E-state index >= 15 is 0 Å². The molecule has 2 aromatic rings. The first-order valence-electron chi connectivity index (χ1n) is 11.4. The third-order valence-corrected chi connectivity index (χ3v) is 6.63. The molecule has 0 radical (unpaired) electrons. The Hall–Kier alpha value is -2.97. The minimum atomic E-state index is -1.27. The minimum absolute atomic E-state index is 0.0585. The summed E-state index contributed by atoms with van der Waals surface area (Å²) in [6.07, 6.45) is 5.37. The monoisotopic (exact) mass is 522 g/mol. The molecule has 0 aromatic heterocycles. The van der Waals surface area contributed by atoms with Crippen LogP contribution in [0.5, 0.6) is 17.2 Å². The molecule has 0 aliphatic heterocycles. The highest BCUT2D eigenvalue weighted by molar-refractivity contribution is 6.37. The first-order chi connectivity index (χ1) is 16.6. The van der Waals surface area contributed by atoms with Crippen molar-refractivity contribution in [1.82, 2.24) is 5.32 Å². The molecular formula is C25H28Cl2N2O6. The van der Waals surface area contributed by atoms with Crippen LogP contribution in [0.3, 0.4) is 0 Å². The number of halogens is 2. The molecule has 1 saturated carbocycles.